The fourth-order valence-electron chi connectivity index (χ4n) is 1.87. The van der Waals surface area contributed by atoms with Crippen molar-refractivity contribution >= 4 is 23.4 Å². The van der Waals surface area contributed by atoms with Gasteiger partial charge in [-0.05, 0) is 25.0 Å². The molecule has 0 aliphatic carbocycles. The first kappa shape index (κ1) is 12.9. The van der Waals surface area contributed by atoms with Crippen molar-refractivity contribution in [2.75, 3.05) is 18.8 Å². The second-order valence-electron chi connectivity index (χ2n) is 4.13. The third-order valence-electron chi connectivity index (χ3n) is 2.87. The maximum absolute atomic E-state index is 11.8. The Morgan fingerprint density at radius 2 is 1.89 bits per heavy atom. The highest BCUT2D eigenvalue weighted by Crippen LogP contribution is 2.22. The smallest absolute Gasteiger partial charge is 0.269 e. The Bertz CT molecular complexity index is 441. The molecule has 0 atom stereocenters. The van der Waals surface area contributed by atoms with Crippen molar-refractivity contribution in [2.45, 2.75) is 17.7 Å². The van der Waals surface area contributed by atoms with Gasteiger partial charge < -0.3 is 4.90 Å². The zero-order valence-corrected chi connectivity index (χ0v) is 10.7. The number of hydrogen-bond donors (Lipinski definition) is 0. The first-order chi connectivity index (χ1) is 8.66. The van der Waals surface area contributed by atoms with E-state index in [0.717, 1.165) is 30.8 Å². The van der Waals surface area contributed by atoms with E-state index in [9.17, 15) is 14.9 Å². The SMILES string of the molecule is O=C(CSc1ccc([N+](=O)[O-])cc1)N1CCCC1. The Hall–Kier alpha value is -1.56. The predicted octanol–water partition coefficient (Wildman–Crippen LogP) is 2.31. The lowest BCUT2D eigenvalue weighted by Gasteiger charge is -2.14. The summed E-state index contributed by atoms with van der Waals surface area (Å²) in [7, 11) is 0. The van der Waals surface area contributed by atoms with Crippen LogP contribution in [0.4, 0.5) is 5.69 Å². The van der Waals surface area contributed by atoms with Gasteiger partial charge in [0.15, 0.2) is 0 Å². The van der Waals surface area contributed by atoms with E-state index in [4.69, 9.17) is 0 Å². The van der Waals surface area contributed by atoms with Gasteiger partial charge in [0.1, 0.15) is 0 Å². The molecule has 1 aliphatic heterocycles. The fourth-order valence-corrected chi connectivity index (χ4v) is 2.67. The average molecular weight is 266 g/mol. The van der Waals surface area contributed by atoms with E-state index in [1.165, 1.54) is 23.9 Å². The molecule has 0 spiro atoms. The van der Waals surface area contributed by atoms with Gasteiger partial charge in [0.2, 0.25) is 5.91 Å². The summed E-state index contributed by atoms with van der Waals surface area (Å²) >= 11 is 1.42. The normalized spacial score (nSPS) is 14.8. The van der Waals surface area contributed by atoms with Crippen molar-refractivity contribution < 1.29 is 9.72 Å². The summed E-state index contributed by atoms with van der Waals surface area (Å²) < 4.78 is 0. The molecule has 0 unspecified atom stereocenters. The zero-order chi connectivity index (χ0) is 13.0. The first-order valence-corrected chi connectivity index (χ1v) is 6.80. The monoisotopic (exact) mass is 266 g/mol. The summed E-state index contributed by atoms with van der Waals surface area (Å²) in [4.78, 5) is 24.6. The molecule has 0 N–H and O–H groups in total. The Kier molecular flexibility index (Phi) is 4.19. The number of non-ortho nitro benzene ring substituents is 1. The molecular weight excluding hydrogens is 252 g/mol. The summed E-state index contributed by atoms with van der Waals surface area (Å²) in [6.07, 6.45) is 2.18. The lowest BCUT2D eigenvalue weighted by Crippen LogP contribution is -2.29. The highest BCUT2D eigenvalue weighted by Gasteiger charge is 2.17. The number of nitro groups is 1. The summed E-state index contributed by atoms with van der Waals surface area (Å²) in [6.45, 7) is 1.72. The topological polar surface area (TPSA) is 63.4 Å². The van der Waals surface area contributed by atoms with Crippen LogP contribution in [0.1, 0.15) is 12.8 Å². The van der Waals surface area contributed by atoms with Crippen LogP contribution in [-0.2, 0) is 4.79 Å². The van der Waals surface area contributed by atoms with Gasteiger partial charge in [0.25, 0.3) is 5.69 Å². The van der Waals surface area contributed by atoms with Crippen molar-refractivity contribution in [3.8, 4) is 0 Å². The van der Waals surface area contributed by atoms with E-state index in [1.54, 1.807) is 12.1 Å². The summed E-state index contributed by atoms with van der Waals surface area (Å²) in [6, 6.07) is 6.28. The number of amides is 1. The van der Waals surface area contributed by atoms with Crippen LogP contribution in [-0.4, -0.2) is 34.6 Å². The molecule has 1 aliphatic rings. The molecule has 1 fully saturated rings. The molecule has 2 rings (SSSR count). The Balaban J connectivity index is 1.86. The molecule has 1 amide bonds. The van der Waals surface area contributed by atoms with Crippen molar-refractivity contribution in [2.24, 2.45) is 0 Å². The summed E-state index contributed by atoms with van der Waals surface area (Å²) in [5.74, 6) is 0.550. The van der Waals surface area contributed by atoms with Crippen LogP contribution >= 0.6 is 11.8 Å². The average Bonchev–Trinajstić information content (AvgIpc) is 2.90. The molecule has 1 heterocycles. The summed E-state index contributed by atoms with van der Waals surface area (Å²) in [5.41, 5.74) is 0.0743. The number of nitrogens with zero attached hydrogens (tertiary/aromatic N) is 2. The number of thioether (sulfide) groups is 1. The number of carbonyl (C=O) groups is 1. The Morgan fingerprint density at radius 1 is 1.28 bits per heavy atom. The number of rotatable bonds is 4. The van der Waals surface area contributed by atoms with Gasteiger partial charge >= 0.3 is 0 Å². The predicted molar refractivity (Wildman–Crippen MR) is 69.6 cm³/mol. The van der Waals surface area contributed by atoms with Gasteiger partial charge in [0, 0.05) is 30.1 Å². The molecule has 5 nitrogen and oxygen atoms in total. The second-order valence-corrected chi connectivity index (χ2v) is 5.18. The minimum absolute atomic E-state index is 0.0743. The van der Waals surface area contributed by atoms with Crippen molar-refractivity contribution in [1.29, 1.82) is 0 Å². The fraction of sp³-hybridized carbons (Fsp3) is 0.417. The van der Waals surface area contributed by atoms with Crippen LogP contribution in [0.3, 0.4) is 0 Å². The van der Waals surface area contributed by atoms with Crippen molar-refractivity contribution in [3.63, 3.8) is 0 Å². The molecule has 0 saturated carbocycles. The Morgan fingerprint density at radius 3 is 2.44 bits per heavy atom. The maximum Gasteiger partial charge on any atom is 0.269 e. The maximum atomic E-state index is 11.8. The van der Waals surface area contributed by atoms with E-state index in [0.29, 0.717) is 5.75 Å². The lowest BCUT2D eigenvalue weighted by atomic mass is 10.3. The van der Waals surface area contributed by atoms with Crippen LogP contribution in [0.15, 0.2) is 29.2 Å². The first-order valence-electron chi connectivity index (χ1n) is 5.82. The van der Waals surface area contributed by atoms with Crippen LogP contribution in [0.25, 0.3) is 0 Å². The van der Waals surface area contributed by atoms with Crippen molar-refractivity contribution in [3.05, 3.63) is 34.4 Å². The molecular formula is C12H14N2O3S. The van der Waals surface area contributed by atoms with E-state index in [1.807, 2.05) is 4.90 Å². The standard InChI is InChI=1S/C12H14N2O3S/c15-12(13-7-1-2-8-13)9-18-11-5-3-10(4-6-11)14(16)17/h3-6H,1-2,7-9H2. The number of nitro benzene ring substituents is 1. The van der Waals surface area contributed by atoms with Gasteiger partial charge in [-0.15, -0.1) is 11.8 Å². The van der Waals surface area contributed by atoms with E-state index >= 15 is 0 Å². The van der Waals surface area contributed by atoms with E-state index in [2.05, 4.69) is 0 Å². The molecule has 0 aromatic heterocycles. The van der Waals surface area contributed by atoms with Gasteiger partial charge in [-0.25, -0.2) is 0 Å². The van der Waals surface area contributed by atoms with E-state index < -0.39 is 4.92 Å². The van der Waals surface area contributed by atoms with Crippen molar-refractivity contribution in [1.82, 2.24) is 4.90 Å². The molecule has 18 heavy (non-hydrogen) atoms. The molecule has 0 bridgehead atoms. The number of benzene rings is 1. The summed E-state index contributed by atoms with van der Waals surface area (Å²) in [5, 5.41) is 10.5. The molecule has 1 aromatic rings. The second kappa shape index (κ2) is 5.86. The van der Waals surface area contributed by atoms with Gasteiger partial charge in [-0.1, -0.05) is 0 Å². The van der Waals surface area contributed by atoms with E-state index in [-0.39, 0.29) is 11.6 Å². The number of carbonyl (C=O) groups excluding carboxylic acids is 1. The third-order valence-corrected chi connectivity index (χ3v) is 3.87. The molecule has 6 heteroatoms. The van der Waals surface area contributed by atoms with Gasteiger partial charge in [-0.2, -0.15) is 0 Å². The quantitative estimate of drug-likeness (QED) is 0.476. The minimum atomic E-state index is -0.427. The van der Waals surface area contributed by atoms with Crippen LogP contribution in [0, 0.1) is 10.1 Å². The third kappa shape index (κ3) is 3.22. The highest BCUT2D eigenvalue weighted by atomic mass is 32.2. The van der Waals surface area contributed by atoms with Crippen LogP contribution in [0.2, 0.25) is 0 Å². The zero-order valence-electron chi connectivity index (χ0n) is 9.87. The minimum Gasteiger partial charge on any atom is -0.342 e. The van der Waals surface area contributed by atoms with Crippen LogP contribution < -0.4 is 0 Å². The van der Waals surface area contributed by atoms with Gasteiger partial charge in [-0.3, -0.25) is 14.9 Å². The lowest BCUT2D eigenvalue weighted by molar-refractivity contribution is -0.384. The molecule has 0 radical (unpaired) electrons. The van der Waals surface area contributed by atoms with Crippen LogP contribution in [0.5, 0.6) is 0 Å². The largest absolute Gasteiger partial charge is 0.342 e. The molecule has 1 saturated heterocycles. The number of hydrogen-bond acceptors (Lipinski definition) is 4. The number of likely N-dealkylation sites (tertiary alicyclic amines) is 1. The molecule has 96 valence electrons. The molecule has 1 aromatic carbocycles. The van der Waals surface area contributed by atoms with Gasteiger partial charge in [0.05, 0.1) is 10.7 Å². The Labute approximate surface area is 109 Å². The highest BCUT2D eigenvalue weighted by molar-refractivity contribution is 8.00.